The average molecular weight is 550 g/mol. The molecule has 0 heterocycles. The maximum atomic E-state index is 13.3. The van der Waals surface area contributed by atoms with Crippen molar-refractivity contribution in [2.75, 3.05) is 7.11 Å². The number of hydrogen-bond donors (Lipinski definition) is 1. The van der Waals surface area contributed by atoms with Gasteiger partial charge in [0.2, 0.25) is 0 Å². The Bertz CT molecular complexity index is 1410. The highest BCUT2D eigenvalue weighted by Gasteiger charge is 2.34. The molecule has 0 unspecified atom stereocenters. The largest absolute Gasteiger partial charge is 0.573 e. The van der Waals surface area contributed by atoms with Crippen molar-refractivity contribution in [2.45, 2.75) is 38.3 Å². The number of nitrogens with zero attached hydrogens (tertiary/aromatic N) is 1. The van der Waals surface area contributed by atoms with Crippen molar-refractivity contribution in [1.29, 1.82) is 0 Å². The van der Waals surface area contributed by atoms with Crippen molar-refractivity contribution in [1.82, 2.24) is 4.90 Å². The summed E-state index contributed by atoms with van der Waals surface area (Å²) in [5.74, 6) is -0.947. The Morgan fingerprint density at radius 2 is 1.55 bits per heavy atom. The first-order valence-electron chi connectivity index (χ1n) is 12.7. The molecular formula is C32H30F3NO4. The summed E-state index contributed by atoms with van der Waals surface area (Å²) in [6, 6.07) is 29.5. The van der Waals surface area contributed by atoms with E-state index in [1.165, 1.54) is 19.2 Å². The van der Waals surface area contributed by atoms with Crippen molar-refractivity contribution >= 4 is 5.97 Å². The molecule has 40 heavy (non-hydrogen) atoms. The van der Waals surface area contributed by atoms with Crippen LogP contribution in [0.5, 0.6) is 11.5 Å². The van der Waals surface area contributed by atoms with Gasteiger partial charge in [0.15, 0.2) is 0 Å². The van der Waals surface area contributed by atoms with E-state index in [0.717, 1.165) is 11.1 Å². The van der Waals surface area contributed by atoms with Crippen molar-refractivity contribution < 1.29 is 32.5 Å². The summed E-state index contributed by atoms with van der Waals surface area (Å²) in [6.07, 6.45) is -5.17. The molecule has 0 saturated heterocycles. The van der Waals surface area contributed by atoms with Crippen LogP contribution in [0.2, 0.25) is 0 Å². The molecule has 1 N–H and O–H groups in total. The number of carbonyl (C=O) groups is 1. The molecule has 0 spiro atoms. The molecule has 0 amide bonds. The molecule has 8 heteroatoms. The number of aliphatic carboxylic acids is 1. The number of benzene rings is 4. The second kappa shape index (κ2) is 12.7. The fourth-order valence-corrected chi connectivity index (χ4v) is 4.81. The van der Waals surface area contributed by atoms with E-state index in [1.54, 1.807) is 30.3 Å². The van der Waals surface area contributed by atoms with E-state index in [-0.39, 0.29) is 23.8 Å². The van der Waals surface area contributed by atoms with Crippen LogP contribution in [-0.4, -0.2) is 29.4 Å². The molecule has 4 rings (SSSR count). The third-order valence-electron chi connectivity index (χ3n) is 6.75. The lowest BCUT2D eigenvalue weighted by Gasteiger charge is -2.37. The number of rotatable bonds is 11. The highest BCUT2D eigenvalue weighted by molar-refractivity contribution is 5.73. The smallest absolute Gasteiger partial charge is 0.497 e. The Morgan fingerprint density at radius 3 is 2.17 bits per heavy atom. The van der Waals surface area contributed by atoms with E-state index < -0.39 is 18.4 Å². The first-order chi connectivity index (χ1) is 19.1. The van der Waals surface area contributed by atoms with Gasteiger partial charge in [-0.2, -0.15) is 0 Å². The van der Waals surface area contributed by atoms with Crippen molar-refractivity contribution in [3.8, 4) is 22.6 Å². The van der Waals surface area contributed by atoms with Gasteiger partial charge in [-0.15, -0.1) is 13.2 Å². The van der Waals surface area contributed by atoms with E-state index in [4.69, 9.17) is 4.74 Å². The molecule has 0 aliphatic heterocycles. The number of carboxylic acids is 1. The van der Waals surface area contributed by atoms with Gasteiger partial charge in [-0.05, 0) is 53.4 Å². The van der Waals surface area contributed by atoms with Gasteiger partial charge in [-0.1, -0.05) is 78.9 Å². The fraction of sp³-hybridized carbons (Fsp3) is 0.219. The lowest BCUT2D eigenvalue weighted by atomic mass is 9.93. The number of methoxy groups -OCH3 is 1. The molecule has 0 radical (unpaired) electrons. The van der Waals surface area contributed by atoms with Crippen molar-refractivity contribution in [2.24, 2.45) is 0 Å². The Kier molecular flexibility index (Phi) is 9.11. The molecular weight excluding hydrogens is 519 g/mol. The number of halogens is 3. The van der Waals surface area contributed by atoms with E-state index in [9.17, 15) is 23.1 Å². The van der Waals surface area contributed by atoms with E-state index in [2.05, 4.69) is 9.64 Å². The molecule has 0 aliphatic carbocycles. The highest BCUT2D eigenvalue weighted by atomic mass is 19.4. The summed E-state index contributed by atoms with van der Waals surface area (Å²) >= 11 is 0. The van der Waals surface area contributed by atoms with Gasteiger partial charge >= 0.3 is 12.3 Å². The van der Waals surface area contributed by atoms with Crippen molar-refractivity contribution in [3.63, 3.8) is 0 Å². The highest BCUT2D eigenvalue weighted by Crippen LogP contribution is 2.41. The predicted octanol–water partition coefficient (Wildman–Crippen LogP) is 8.04. The topological polar surface area (TPSA) is 59.0 Å². The quantitative estimate of drug-likeness (QED) is 0.205. The van der Waals surface area contributed by atoms with Gasteiger partial charge in [-0.25, -0.2) is 0 Å². The molecule has 0 aliphatic rings. The average Bonchev–Trinajstić information content (AvgIpc) is 2.95. The third kappa shape index (κ3) is 7.42. The van der Waals surface area contributed by atoms with Crippen LogP contribution in [0.15, 0.2) is 103 Å². The number of ether oxygens (including phenoxy) is 2. The summed E-state index contributed by atoms with van der Waals surface area (Å²) in [5, 5.41) is 9.96. The molecule has 0 fully saturated rings. The van der Waals surface area contributed by atoms with Crippen LogP contribution in [-0.2, 0) is 11.3 Å². The minimum atomic E-state index is -4.91. The number of alkyl halides is 3. The van der Waals surface area contributed by atoms with E-state index >= 15 is 0 Å². The molecule has 4 aromatic rings. The van der Waals surface area contributed by atoms with Gasteiger partial charge in [0.25, 0.3) is 0 Å². The van der Waals surface area contributed by atoms with Crippen molar-refractivity contribution in [3.05, 3.63) is 120 Å². The standard InChI is InChI=1S/C32H30F3NO4/c1-22(24-12-7-4-8-13-24)36(21-23-10-5-3-6-11-23)29(20-31(37)38)26-16-17-30(40-32(33,34)35)28(19-26)25-14-9-15-27(18-25)39-2/h3-19,22,29H,20-21H2,1-2H3,(H,37,38)/t22-,29+/m1/s1. The Hall–Kier alpha value is -4.30. The minimum absolute atomic E-state index is 0.177. The maximum absolute atomic E-state index is 13.3. The number of hydrogen-bond acceptors (Lipinski definition) is 4. The fourth-order valence-electron chi connectivity index (χ4n) is 4.81. The second-order valence-corrected chi connectivity index (χ2v) is 9.39. The Morgan fingerprint density at radius 1 is 0.875 bits per heavy atom. The van der Waals surface area contributed by atoms with Crippen LogP contribution in [0.3, 0.4) is 0 Å². The Balaban J connectivity index is 1.86. The summed E-state index contributed by atoms with van der Waals surface area (Å²) in [7, 11) is 1.47. The second-order valence-electron chi connectivity index (χ2n) is 9.39. The molecule has 4 aromatic carbocycles. The SMILES string of the molecule is COc1cccc(-c2cc([C@H](CC(=O)O)N(Cc3ccccc3)[C@H](C)c3ccccc3)ccc2OC(F)(F)F)c1. The van der Waals surface area contributed by atoms with Gasteiger partial charge in [0.1, 0.15) is 11.5 Å². The zero-order chi connectivity index (χ0) is 28.7. The minimum Gasteiger partial charge on any atom is -0.497 e. The third-order valence-corrected chi connectivity index (χ3v) is 6.75. The van der Waals surface area contributed by atoms with Crippen LogP contribution >= 0.6 is 0 Å². The lowest BCUT2D eigenvalue weighted by Crippen LogP contribution is -2.33. The summed E-state index contributed by atoms with van der Waals surface area (Å²) in [5.41, 5.74) is 3.13. The van der Waals surface area contributed by atoms with Crippen LogP contribution in [0, 0.1) is 0 Å². The predicted molar refractivity (Wildman–Crippen MR) is 147 cm³/mol. The first-order valence-corrected chi connectivity index (χ1v) is 12.7. The van der Waals surface area contributed by atoms with Gasteiger partial charge < -0.3 is 14.6 Å². The normalized spacial score (nSPS) is 13.1. The number of carboxylic acid groups (broad SMARTS) is 1. The van der Waals surface area contributed by atoms with E-state index in [0.29, 0.717) is 23.4 Å². The van der Waals surface area contributed by atoms with Gasteiger partial charge in [-0.3, -0.25) is 9.69 Å². The van der Waals surface area contributed by atoms with Gasteiger partial charge in [0, 0.05) is 24.2 Å². The maximum Gasteiger partial charge on any atom is 0.573 e. The molecule has 208 valence electrons. The van der Waals surface area contributed by atoms with Crippen LogP contribution in [0.1, 0.15) is 42.1 Å². The van der Waals surface area contributed by atoms with Crippen LogP contribution in [0.4, 0.5) is 13.2 Å². The summed E-state index contributed by atoms with van der Waals surface area (Å²) < 4.78 is 49.7. The first kappa shape index (κ1) is 28.7. The zero-order valence-electron chi connectivity index (χ0n) is 22.1. The summed E-state index contributed by atoms with van der Waals surface area (Å²) in [6.45, 7) is 2.42. The zero-order valence-corrected chi connectivity index (χ0v) is 22.1. The molecule has 2 atom stereocenters. The molecule has 5 nitrogen and oxygen atoms in total. The lowest BCUT2D eigenvalue weighted by molar-refractivity contribution is -0.274. The van der Waals surface area contributed by atoms with E-state index in [1.807, 2.05) is 67.6 Å². The van der Waals surface area contributed by atoms with Crippen LogP contribution < -0.4 is 9.47 Å². The molecule has 0 bridgehead atoms. The molecule has 0 aromatic heterocycles. The Labute approximate surface area is 231 Å². The summed E-state index contributed by atoms with van der Waals surface area (Å²) in [4.78, 5) is 14.2. The monoisotopic (exact) mass is 549 g/mol. The van der Waals surface area contributed by atoms with Gasteiger partial charge in [0.05, 0.1) is 13.5 Å². The molecule has 0 saturated carbocycles. The van der Waals surface area contributed by atoms with Crippen LogP contribution in [0.25, 0.3) is 11.1 Å².